The van der Waals surface area contributed by atoms with Gasteiger partial charge >= 0.3 is 0 Å². The molecule has 1 aromatic rings. The molecule has 1 atom stereocenters. The van der Waals surface area contributed by atoms with E-state index in [2.05, 4.69) is 43.8 Å². The van der Waals surface area contributed by atoms with E-state index in [1.54, 1.807) is 6.20 Å². The molecular weight excluding hydrogens is 277 g/mol. The molecule has 3 nitrogen and oxygen atoms in total. The minimum absolute atomic E-state index is 0.244. The summed E-state index contributed by atoms with van der Waals surface area (Å²) in [5.74, 6) is 3.44. The van der Waals surface area contributed by atoms with Gasteiger partial charge < -0.3 is 5.32 Å². The molecule has 0 aliphatic heterocycles. The number of terminal acetylenes is 1. The Kier molecular flexibility index (Phi) is 3.96. The lowest BCUT2D eigenvalue weighted by atomic mass is 10.2. The van der Waals surface area contributed by atoms with Gasteiger partial charge in [0, 0.05) is 18.7 Å². The first-order valence-corrected chi connectivity index (χ1v) is 4.97. The highest BCUT2D eigenvalue weighted by molar-refractivity contribution is 14.1. The molecule has 1 unspecified atom stereocenters. The minimum Gasteiger partial charge on any atom is -0.366 e. The van der Waals surface area contributed by atoms with Crippen LogP contribution in [0.25, 0.3) is 0 Å². The maximum absolute atomic E-state index is 5.20. The summed E-state index contributed by atoms with van der Waals surface area (Å²) >= 11 is 2.18. The number of hydrogen-bond acceptors (Lipinski definition) is 3. The lowest BCUT2D eigenvalue weighted by Gasteiger charge is -2.11. The Morgan fingerprint density at radius 2 is 2.54 bits per heavy atom. The lowest BCUT2D eigenvalue weighted by molar-refractivity contribution is 0.818. The highest BCUT2D eigenvalue weighted by Gasteiger charge is 2.03. The third-order valence-corrected chi connectivity index (χ3v) is 2.26. The molecule has 0 aliphatic rings. The number of anilines is 1. The molecule has 1 aromatic heterocycles. The largest absolute Gasteiger partial charge is 0.366 e. The van der Waals surface area contributed by atoms with Gasteiger partial charge in [-0.25, -0.2) is 9.97 Å². The molecule has 0 fully saturated rings. The predicted octanol–water partition coefficient (Wildman–Crippen LogP) is 1.90. The first-order chi connectivity index (χ1) is 6.24. The van der Waals surface area contributed by atoms with Gasteiger partial charge in [0.2, 0.25) is 0 Å². The second-order valence-electron chi connectivity index (χ2n) is 2.67. The van der Waals surface area contributed by atoms with Crippen LogP contribution in [0, 0.1) is 15.9 Å². The van der Waals surface area contributed by atoms with Crippen molar-refractivity contribution < 1.29 is 0 Å². The number of hydrogen-bond donors (Lipinski definition) is 1. The van der Waals surface area contributed by atoms with E-state index in [-0.39, 0.29) is 6.04 Å². The molecule has 0 aromatic carbocycles. The zero-order valence-electron chi connectivity index (χ0n) is 7.29. The summed E-state index contributed by atoms with van der Waals surface area (Å²) in [6.45, 7) is 2.03. The zero-order valence-corrected chi connectivity index (χ0v) is 9.45. The molecule has 4 heteroatoms. The molecule has 1 N–H and O–H groups in total. The van der Waals surface area contributed by atoms with Crippen molar-refractivity contribution in [3.05, 3.63) is 16.1 Å². The van der Waals surface area contributed by atoms with Crippen LogP contribution in [-0.2, 0) is 0 Å². The van der Waals surface area contributed by atoms with Gasteiger partial charge in [-0.2, -0.15) is 0 Å². The van der Waals surface area contributed by atoms with Crippen molar-refractivity contribution in [3.63, 3.8) is 0 Å². The van der Waals surface area contributed by atoms with Crippen LogP contribution in [0.4, 0.5) is 5.82 Å². The molecule has 0 spiro atoms. The zero-order chi connectivity index (χ0) is 9.68. The smallest absolute Gasteiger partial charge is 0.143 e. The van der Waals surface area contributed by atoms with Crippen LogP contribution in [0.2, 0.25) is 0 Å². The van der Waals surface area contributed by atoms with E-state index in [0.29, 0.717) is 6.42 Å². The van der Waals surface area contributed by atoms with Crippen molar-refractivity contribution in [2.45, 2.75) is 19.4 Å². The van der Waals surface area contributed by atoms with Crippen LogP contribution in [0.15, 0.2) is 12.5 Å². The van der Waals surface area contributed by atoms with E-state index < -0.39 is 0 Å². The normalized spacial score (nSPS) is 11.8. The van der Waals surface area contributed by atoms with Crippen molar-refractivity contribution in [3.8, 4) is 12.3 Å². The Morgan fingerprint density at radius 1 is 1.77 bits per heavy atom. The topological polar surface area (TPSA) is 37.8 Å². The van der Waals surface area contributed by atoms with Crippen molar-refractivity contribution >= 4 is 28.4 Å². The Balaban J connectivity index is 2.64. The summed E-state index contributed by atoms with van der Waals surface area (Å²) in [6.07, 6.45) is 9.17. The van der Waals surface area contributed by atoms with E-state index in [1.807, 2.05) is 6.92 Å². The van der Waals surface area contributed by atoms with Gasteiger partial charge in [-0.1, -0.05) is 0 Å². The quantitative estimate of drug-likeness (QED) is 0.681. The molecule has 0 saturated carbocycles. The Hall–Kier alpha value is -0.830. The van der Waals surface area contributed by atoms with Gasteiger partial charge in [-0.05, 0) is 29.5 Å². The fraction of sp³-hybridized carbons (Fsp3) is 0.333. The molecule has 1 heterocycles. The van der Waals surface area contributed by atoms with Crippen LogP contribution < -0.4 is 5.32 Å². The van der Waals surface area contributed by atoms with Gasteiger partial charge in [0.05, 0.1) is 3.57 Å². The maximum Gasteiger partial charge on any atom is 0.143 e. The summed E-state index contributed by atoms with van der Waals surface area (Å²) in [4.78, 5) is 8.00. The Bertz CT molecular complexity index is 319. The van der Waals surface area contributed by atoms with Crippen molar-refractivity contribution in [1.82, 2.24) is 9.97 Å². The first-order valence-electron chi connectivity index (χ1n) is 3.89. The van der Waals surface area contributed by atoms with E-state index >= 15 is 0 Å². The van der Waals surface area contributed by atoms with E-state index in [9.17, 15) is 0 Å². The van der Waals surface area contributed by atoms with E-state index in [4.69, 9.17) is 6.42 Å². The number of halogens is 1. The minimum atomic E-state index is 0.244. The van der Waals surface area contributed by atoms with Crippen LogP contribution in [0.1, 0.15) is 13.3 Å². The number of nitrogens with zero attached hydrogens (tertiary/aromatic N) is 2. The molecule has 0 aliphatic carbocycles. The number of aromatic nitrogens is 2. The molecule has 0 amide bonds. The van der Waals surface area contributed by atoms with Gasteiger partial charge in [0.15, 0.2) is 0 Å². The maximum atomic E-state index is 5.20. The van der Waals surface area contributed by atoms with Crippen LogP contribution >= 0.6 is 22.6 Å². The molecule has 1 rings (SSSR count). The van der Waals surface area contributed by atoms with E-state index in [1.165, 1.54) is 6.33 Å². The number of rotatable bonds is 3. The Labute approximate surface area is 91.5 Å². The van der Waals surface area contributed by atoms with Crippen LogP contribution in [0.3, 0.4) is 0 Å². The molecule has 0 radical (unpaired) electrons. The molecule has 13 heavy (non-hydrogen) atoms. The molecule has 0 saturated heterocycles. The van der Waals surface area contributed by atoms with Gasteiger partial charge in [0.1, 0.15) is 12.1 Å². The van der Waals surface area contributed by atoms with Crippen LogP contribution in [-0.4, -0.2) is 16.0 Å². The number of nitrogens with one attached hydrogen (secondary N) is 1. The molecule has 68 valence electrons. The highest BCUT2D eigenvalue weighted by Crippen LogP contribution is 2.13. The third kappa shape index (κ3) is 3.19. The van der Waals surface area contributed by atoms with Gasteiger partial charge in [-0.3, -0.25) is 0 Å². The monoisotopic (exact) mass is 287 g/mol. The molecular formula is C9H10IN3. The van der Waals surface area contributed by atoms with Crippen LogP contribution in [0.5, 0.6) is 0 Å². The summed E-state index contributed by atoms with van der Waals surface area (Å²) in [5, 5.41) is 3.21. The van der Waals surface area contributed by atoms with Crippen molar-refractivity contribution in [1.29, 1.82) is 0 Å². The average Bonchev–Trinajstić information content (AvgIpc) is 2.09. The Morgan fingerprint density at radius 3 is 3.15 bits per heavy atom. The third-order valence-electron chi connectivity index (χ3n) is 1.47. The van der Waals surface area contributed by atoms with Gasteiger partial charge in [0.25, 0.3) is 0 Å². The fourth-order valence-corrected chi connectivity index (χ4v) is 1.34. The second kappa shape index (κ2) is 5.02. The summed E-state index contributed by atoms with van der Waals surface area (Å²) in [6, 6.07) is 0.244. The fourth-order valence-electron chi connectivity index (χ4n) is 0.880. The summed E-state index contributed by atoms with van der Waals surface area (Å²) < 4.78 is 1.00. The lowest BCUT2D eigenvalue weighted by Crippen LogP contribution is -2.16. The highest BCUT2D eigenvalue weighted by atomic mass is 127. The second-order valence-corrected chi connectivity index (χ2v) is 3.84. The summed E-state index contributed by atoms with van der Waals surface area (Å²) in [7, 11) is 0. The average molecular weight is 287 g/mol. The predicted molar refractivity (Wildman–Crippen MR) is 61.3 cm³/mol. The van der Waals surface area contributed by atoms with Crippen molar-refractivity contribution in [2.24, 2.45) is 0 Å². The standard InChI is InChI=1S/C9H10IN3/c1-3-4-7(2)13-9-8(10)5-11-6-12-9/h1,5-7H,4H2,2H3,(H,11,12,13). The van der Waals surface area contributed by atoms with E-state index in [0.717, 1.165) is 9.39 Å². The first kappa shape index (κ1) is 10.3. The van der Waals surface area contributed by atoms with Gasteiger partial charge in [-0.15, -0.1) is 12.3 Å². The SMILES string of the molecule is C#CCC(C)Nc1ncncc1I. The summed E-state index contributed by atoms with van der Waals surface area (Å²) in [5.41, 5.74) is 0. The van der Waals surface area contributed by atoms with Crippen molar-refractivity contribution in [2.75, 3.05) is 5.32 Å². The molecule has 0 bridgehead atoms.